The first-order chi connectivity index (χ1) is 9.79. The number of nitrogens with zero attached hydrogens (tertiary/aromatic N) is 1. The van der Waals surface area contributed by atoms with E-state index < -0.39 is 14.8 Å². The number of nitro benzene ring substituents is 1. The van der Waals surface area contributed by atoms with Gasteiger partial charge in [-0.2, -0.15) is 0 Å². The molecule has 0 amide bonds. The van der Waals surface area contributed by atoms with Crippen molar-refractivity contribution < 1.29 is 18.1 Å². The Morgan fingerprint density at radius 3 is 2.48 bits per heavy atom. The molecule has 0 fully saturated rings. The second-order valence-corrected chi connectivity index (χ2v) is 6.32. The number of benzene rings is 2. The third-order valence-electron chi connectivity index (χ3n) is 2.67. The molecule has 8 heteroatoms. The molecule has 0 unspecified atom stereocenters. The van der Waals surface area contributed by atoms with Gasteiger partial charge in [0.1, 0.15) is 11.4 Å². The number of nitrogens with two attached hydrogens (primary N) is 1. The zero-order chi connectivity index (χ0) is 15.6. The van der Waals surface area contributed by atoms with Gasteiger partial charge in [0.25, 0.3) is 0 Å². The van der Waals surface area contributed by atoms with Crippen molar-refractivity contribution in [2.24, 2.45) is 0 Å². The van der Waals surface area contributed by atoms with Gasteiger partial charge >= 0.3 is 5.69 Å². The summed E-state index contributed by atoms with van der Waals surface area (Å²) in [6.07, 6.45) is 1.06. The fourth-order valence-electron chi connectivity index (χ4n) is 1.71. The van der Waals surface area contributed by atoms with Gasteiger partial charge < -0.3 is 10.5 Å². The first kappa shape index (κ1) is 14.8. The fourth-order valence-corrected chi connectivity index (χ4v) is 2.37. The van der Waals surface area contributed by atoms with Crippen LogP contribution in [-0.4, -0.2) is 19.6 Å². The molecule has 0 saturated carbocycles. The molecule has 110 valence electrons. The number of rotatable bonds is 4. The number of nitrogen functional groups attached to an aromatic ring is 1. The van der Waals surface area contributed by atoms with E-state index in [1.165, 1.54) is 42.5 Å². The van der Waals surface area contributed by atoms with E-state index in [1.54, 1.807) is 0 Å². The molecule has 0 aromatic heterocycles. The lowest BCUT2D eigenvalue weighted by atomic mass is 10.2. The second-order valence-electron chi connectivity index (χ2n) is 4.30. The molecule has 0 radical (unpaired) electrons. The molecule has 2 rings (SSSR count). The number of anilines is 1. The van der Waals surface area contributed by atoms with Gasteiger partial charge in [-0.25, -0.2) is 8.42 Å². The maximum Gasteiger partial charge on any atom is 0.334 e. The Morgan fingerprint density at radius 1 is 1.19 bits per heavy atom. The summed E-state index contributed by atoms with van der Waals surface area (Å²) in [6.45, 7) is 0. The molecule has 0 heterocycles. The van der Waals surface area contributed by atoms with Crippen molar-refractivity contribution in [1.29, 1.82) is 0 Å². The zero-order valence-corrected chi connectivity index (χ0v) is 11.8. The summed E-state index contributed by atoms with van der Waals surface area (Å²) in [5.74, 6) is 0.122. The zero-order valence-electron chi connectivity index (χ0n) is 11.0. The smallest absolute Gasteiger partial charge is 0.334 e. The summed E-state index contributed by atoms with van der Waals surface area (Å²) >= 11 is 0. The third-order valence-corrected chi connectivity index (χ3v) is 3.78. The first-order valence-electron chi connectivity index (χ1n) is 5.80. The second kappa shape index (κ2) is 5.41. The number of nitro groups is 1. The lowest BCUT2D eigenvalue weighted by Gasteiger charge is -2.08. The molecule has 0 spiro atoms. The minimum atomic E-state index is -3.39. The lowest BCUT2D eigenvalue weighted by Crippen LogP contribution is -2.00. The average molecular weight is 308 g/mol. The predicted octanol–water partition coefficient (Wildman–Crippen LogP) is 2.37. The van der Waals surface area contributed by atoms with Gasteiger partial charge in [0.2, 0.25) is 5.75 Å². The highest BCUT2D eigenvalue weighted by Crippen LogP contribution is 2.36. The fraction of sp³-hybridized carbons (Fsp3) is 0.0769. The summed E-state index contributed by atoms with van der Waals surface area (Å²) in [5.41, 5.74) is 5.17. The summed E-state index contributed by atoms with van der Waals surface area (Å²) in [6, 6.07) is 9.99. The molecule has 21 heavy (non-hydrogen) atoms. The minimum Gasteiger partial charge on any atom is -0.450 e. The molecule has 0 aliphatic carbocycles. The number of hydrogen-bond donors (Lipinski definition) is 1. The molecule has 0 aliphatic rings. The highest BCUT2D eigenvalue weighted by Gasteiger charge is 2.20. The molecule has 7 nitrogen and oxygen atoms in total. The van der Waals surface area contributed by atoms with E-state index in [1.807, 2.05) is 0 Å². The number of ether oxygens (including phenoxy) is 1. The quantitative estimate of drug-likeness (QED) is 0.527. The summed E-state index contributed by atoms with van der Waals surface area (Å²) < 4.78 is 28.4. The van der Waals surface area contributed by atoms with Crippen molar-refractivity contribution in [2.45, 2.75) is 4.90 Å². The van der Waals surface area contributed by atoms with E-state index in [2.05, 4.69) is 0 Å². The van der Waals surface area contributed by atoms with Gasteiger partial charge in [-0.15, -0.1) is 0 Å². The van der Waals surface area contributed by atoms with Crippen LogP contribution in [0.2, 0.25) is 0 Å². The van der Waals surface area contributed by atoms with Crippen molar-refractivity contribution in [1.82, 2.24) is 0 Å². The van der Waals surface area contributed by atoms with Crippen molar-refractivity contribution in [3.8, 4) is 11.5 Å². The van der Waals surface area contributed by atoms with Crippen molar-refractivity contribution >= 4 is 21.2 Å². The summed E-state index contributed by atoms with van der Waals surface area (Å²) in [5, 5.41) is 11.0. The van der Waals surface area contributed by atoms with Gasteiger partial charge in [0.05, 0.1) is 9.82 Å². The lowest BCUT2D eigenvalue weighted by molar-refractivity contribution is -0.384. The predicted molar refractivity (Wildman–Crippen MR) is 77.1 cm³/mol. The monoisotopic (exact) mass is 308 g/mol. The summed E-state index contributed by atoms with van der Waals surface area (Å²) in [7, 11) is -3.39. The number of para-hydroxylation sites is 1. The highest BCUT2D eigenvalue weighted by molar-refractivity contribution is 7.90. The number of sulfone groups is 1. The van der Waals surface area contributed by atoms with E-state index in [-0.39, 0.29) is 27.8 Å². The van der Waals surface area contributed by atoms with Gasteiger partial charge in [0, 0.05) is 6.26 Å². The van der Waals surface area contributed by atoms with Crippen LogP contribution in [0.4, 0.5) is 11.4 Å². The number of hydrogen-bond acceptors (Lipinski definition) is 6. The van der Waals surface area contributed by atoms with Crippen LogP contribution in [0.15, 0.2) is 47.4 Å². The van der Waals surface area contributed by atoms with Crippen molar-refractivity contribution in [3.63, 3.8) is 0 Å². The Bertz CT molecular complexity index is 802. The van der Waals surface area contributed by atoms with E-state index in [0.717, 1.165) is 6.26 Å². The minimum absolute atomic E-state index is 0.0308. The average Bonchev–Trinajstić information content (AvgIpc) is 2.37. The third kappa shape index (κ3) is 3.29. The van der Waals surface area contributed by atoms with Crippen LogP contribution in [-0.2, 0) is 9.84 Å². The van der Waals surface area contributed by atoms with Crippen molar-refractivity contribution in [2.75, 3.05) is 12.0 Å². The van der Waals surface area contributed by atoms with Crippen molar-refractivity contribution in [3.05, 3.63) is 52.6 Å². The molecule has 0 bridgehead atoms. The first-order valence-corrected chi connectivity index (χ1v) is 7.69. The van der Waals surface area contributed by atoms with E-state index in [4.69, 9.17) is 10.5 Å². The van der Waals surface area contributed by atoms with Crippen LogP contribution in [0.25, 0.3) is 0 Å². The van der Waals surface area contributed by atoms with Gasteiger partial charge in [-0.3, -0.25) is 10.1 Å². The SMILES string of the molecule is CS(=O)(=O)c1cccc(Oc2cccc(N)c2[N+](=O)[O-])c1. The molecule has 2 N–H and O–H groups in total. The topological polar surface area (TPSA) is 113 Å². The maximum absolute atomic E-state index is 11.5. The Balaban J connectivity index is 2.44. The Morgan fingerprint density at radius 2 is 1.86 bits per heavy atom. The van der Waals surface area contributed by atoms with Crippen LogP contribution in [0.3, 0.4) is 0 Å². The Kier molecular flexibility index (Phi) is 3.81. The Hall–Kier alpha value is -2.61. The van der Waals surface area contributed by atoms with Crippen LogP contribution in [0, 0.1) is 10.1 Å². The van der Waals surface area contributed by atoms with Gasteiger partial charge in [0.15, 0.2) is 9.84 Å². The molecule has 2 aromatic rings. The van der Waals surface area contributed by atoms with Crippen LogP contribution >= 0.6 is 0 Å². The molecule has 0 aliphatic heterocycles. The Labute approximate surface area is 121 Å². The maximum atomic E-state index is 11.5. The van der Waals surface area contributed by atoms with E-state index in [0.29, 0.717) is 0 Å². The molecular formula is C13H12N2O5S. The van der Waals surface area contributed by atoms with Crippen LogP contribution in [0.5, 0.6) is 11.5 Å². The van der Waals surface area contributed by atoms with Crippen LogP contribution in [0.1, 0.15) is 0 Å². The molecule has 0 saturated heterocycles. The van der Waals surface area contributed by atoms with Gasteiger partial charge in [-0.1, -0.05) is 12.1 Å². The molecule has 2 aromatic carbocycles. The molecule has 0 atom stereocenters. The largest absolute Gasteiger partial charge is 0.450 e. The van der Waals surface area contributed by atoms with E-state index >= 15 is 0 Å². The summed E-state index contributed by atoms with van der Waals surface area (Å²) in [4.78, 5) is 10.4. The highest BCUT2D eigenvalue weighted by atomic mass is 32.2. The van der Waals surface area contributed by atoms with Crippen LogP contribution < -0.4 is 10.5 Å². The standard InChI is InChI=1S/C13H12N2O5S/c1-21(18,19)10-5-2-4-9(8-10)20-12-7-3-6-11(14)13(12)15(16)17/h2-8H,14H2,1H3. The van der Waals surface area contributed by atoms with E-state index in [9.17, 15) is 18.5 Å². The normalized spacial score (nSPS) is 11.1. The molecular weight excluding hydrogens is 296 g/mol. The van der Waals surface area contributed by atoms with Gasteiger partial charge in [-0.05, 0) is 30.3 Å².